The highest BCUT2D eigenvalue weighted by Gasteiger charge is 2.08. The van der Waals surface area contributed by atoms with Crippen molar-refractivity contribution in [3.05, 3.63) is 63.6 Å². The molecule has 2 nitrogen and oxygen atoms in total. The van der Waals surface area contributed by atoms with Crippen LogP contribution in [0.5, 0.6) is 0 Å². The third-order valence-electron chi connectivity index (χ3n) is 3.26. The average Bonchev–Trinajstić information content (AvgIpc) is 2.74. The Morgan fingerprint density at radius 2 is 2.00 bits per heavy atom. The molecule has 0 saturated carbocycles. The zero-order valence-electron chi connectivity index (χ0n) is 10.6. The molecular weight excluding hydrogens is 295 g/mol. The van der Waals surface area contributed by atoms with E-state index >= 15 is 0 Å². The van der Waals surface area contributed by atoms with Gasteiger partial charge in [-0.25, -0.2) is 4.39 Å². The number of aromatic amines is 1. The quantitative estimate of drug-likeness (QED) is 0.694. The molecule has 0 unspecified atom stereocenters. The Labute approximate surface area is 125 Å². The number of halogens is 2. The lowest BCUT2D eigenvalue weighted by Gasteiger charge is -2.06. The SMILES string of the molecule is Fc1cccc(CCn2c(=S)[nH]c3cccc(Cl)c32)c1. The van der Waals surface area contributed by atoms with E-state index in [2.05, 4.69) is 4.98 Å². The van der Waals surface area contributed by atoms with Crippen molar-refractivity contribution >= 4 is 34.9 Å². The molecule has 1 heterocycles. The zero-order valence-corrected chi connectivity index (χ0v) is 12.1. The van der Waals surface area contributed by atoms with Gasteiger partial charge in [0.05, 0.1) is 16.1 Å². The van der Waals surface area contributed by atoms with Gasteiger partial charge in [-0.15, -0.1) is 0 Å². The van der Waals surface area contributed by atoms with Gasteiger partial charge in [-0.2, -0.15) is 0 Å². The van der Waals surface area contributed by atoms with Crippen molar-refractivity contribution in [1.82, 2.24) is 9.55 Å². The summed E-state index contributed by atoms with van der Waals surface area (Å²) in [6, 6.07) is 12.3. The fourth-order valence-electron chi connectivity index (χ4n) is 2.32. The molecule has 102 valence electrons. The Hall–Kier alpha value is -1.65. The number of para-hydroxylation sites is 1. The van der Waals surface area contributed by atoms with Crippen LogP contribution in [-0.2, 0) is 13.0 Å². The van der Waals surface area contributed by atoms with E-state index in [0.717, 1.165) is 16.6 Å². The number of rotatable bonds is 3. The largest absolute Gasteiger partial charge is 0.331 e. The first-order valence-corrected chi connectivity index (χ1v) is 7.05. The van der Waals surface area contributed by atoms with Crippen LogP contribution >= 0.6 is 23.8 Å². The van der Waals surface area contributed by atoms with E-state index in [-0.39, 0.29) is 5.82 Å². The minimum atomic E-state index is -0.219. The molecule has 0 amide bonds. The minimum Gasteiger partial charge on any atom is -0.331 e. The second-order valence-corrected chi connectivity index (χ2v) is 5.39. The van der Waals surface area contributed by atoms with Crippen LogP contribution in [0.4, 0.5) is 4.39 Å². The van der Waals surface area contributed by atoms with Crippen LogP contribution in [-0.4, -0.2) is 9.55 Å². The molecule has 3 rings (SSSR count). The van der Waals surface area contributed by atoms with E-state index in [1.807, 2.05) is 28.8 Å². The molecule has 0 aliphatic carbocycles. The smallest absolute Gasteiger partial charge is 0.178 e. The van der Waals surface area contributed by atoms with Crippen LogP contribution in [0.3, 0.4) is 0 Å². The predicted molar refractivity (Wildman–Crippen MR) is 82.2 cm³/mol. The highest BCUT2D eigenvalue weighted by atomic mass is 35.5. The number of fused-ring (bicyclic) bond motifs is 1. The number of benzene rings is 2. The summed E-state index contributed by atoms with van der Waals surface area (Å²) in [5.74, 6) is -0.219. The number of hydrogen-bond donors (Lipinski definition) is 1. The van der Waals surface area contributed by atoms with Gasteiger partial charge in [-0.3, -0.25) is 0 Å². The van der Waals surface area contributed by atoms with Gasteiger partial charge in [0.1, 0.15) is 5.82 Å². The third kappa shape index (κ3) is 2.49. The van der Waals surface area contributed by atoms with Gasteiger partial charge in [0.25, 0.3) is 0 Å². The molecule has 0 fully saturated rings. The first-order valence-electron chi connectivity index (χ1n) is 6.26. The summed E-state index contributed by atoms with van der Waals surface area (Å²) < 4.78 is 15.8. The Balaban J connectivity index is 1.95. The molecule has 20 heavy (non-hydrogen) atoms. The summed E-state index contributed by atoms with van der Waals surface area (Å²) in [7, 11) is 0. The molecule has 0 saturated heterocycles. The fraction of sp³-hybridized carbons (Fsp3) is 0.133. The lowest BCUT2D eigenvalue weighted by Crippen LogP contribution is -2.02. The number of nitrogens with one attached hydrogen (secondary N) is 1. The third-order valence-corrected chi connectivity index (χ3v) is 3.88. The maximum atomic E-state index is 13.2. The second kappa shape index (κ2) is 5.38. The molecular formula is C15H12ClFN2S. The van der Waals surface area contributed by atoms with E-state index in [9.17, 15) is 4.39 Å². The van der Waals surface area contributed by atoms with Crippen molar-refractivity contribution in [3.8, 4) is 0 Å². The first kappa shape index (κ1) is 13.3. The molecule has 0 aliphatic heterocycles. The number of hydrogen-bond acceptors (Lipinski definition) is 1. The van der Waals surface area contributed by atoms with Crippen molar-refractivity contribution in [3.63, 3.8) is 0 Å². The van der Waals surface area contributed by atoms with E-state index in [1.165, 1.54) is 6.07 Å². The van der Waals surface area contributed by atoms with Crippen molar-refractivity contribution in [2.75, 3.05) is 0 Å². The maximum Gasteiger partial charge on any atom is 0.178 e. The number of nitrogens with zero attached hydrogens (tertiary/aromatic N) is 1. The van der Waals surface area contributed by atoms with E-state index in [4.69, 9.17) is 23.8 Å². The molecule has 2 aromatic carbocycles. The summed E-state index contributed by atoms with van der Waals surface area (Å²) in [5, 5.41) is 0.661. The van der Waals surface area contributed by atoms with Crippen LogP contribution in [0, 0.1) is 10.6 Å². The van der Waals surface area contributed by atoms with E-state index < -0.39 is 0 Å². The van der Waals surface area contributed by atoms with Gasteiger partial charge in [-0.05, 0) is 48.5 Å². The fourth-order valence-corrected chi connectivity index (χ4v) is 2.89. The first-order chi connectivity index (χ1) is 9.65. The van der Waals surface area contributed by atoms with Gasteiger partial charge in [0, 0.05) is 6.54 Å². The Morgan fingerprint density at radius 1 is 1.20 bits per heavy atom. The van der Waals surface area contributed by atoms with Crippen LogP contribution in [0.15, 0.2) is 42.5 Å². The highest BCUT2D eigenvalue weighted by molar-refractivity contribution is 7.71. The minimum absolute atomic E-state index is 0.219. The normalized spacial score (nSPS) is 11.1. The van der Waals surface area contributed by atoms with Crippen LogP contribution in [0.1, 0.15) is 5.56 Å². The molecule has 0 aliphatic rings. The van der Waals surface area contributed by atoms with Crippen LogP contribution in [0.2, 0.25) is 5.02 Å². The second-order valence-electron chi connectivity index (χ2n) is 4.60. The molecule has 1 aromatic heterocycles. The number of H-pyrrole nitrogens is 1. The molecule has 0 spiro atoms. The number of imidazole rings is 1. The van der Waals surface area contributed by atoms with Gasteiger partial charge in [0.2, 0.25) is 0 Å². The lowest BCUT2D eigenvalue weighted by molar-refractivity contribution is 0.622. The molecule has 0 atom stereocenters. The Morgan fingerprint density at radius 3 is 2.80 bits per heavy atom. The Bertz CT molecular complexity index is 822. The van der Waals surface area contributed by atoms with Crippen molar-refractivity contribution < 1.29 is 4.39 Å². The average molecular weight is 307 g/mol. The molecule has 3 aromatic rings. The molecule has 0 radical (unpaired) electrons. The Kier molecular flexibility index (Phi) is 3.59. The summed E-state index contributed by atoms with van der Waals surface area (Å²) in [5.41, 5.74) is 2.76. The summed E-state index contributed by atoms with van der Waals surface area (Å²) >= 11 is 11.6. The summed E-state index contributed by atoms with van der Waals surface area (Å²) in [4.78, 5) is 3.13. The summed E-state index contributed by atoms with van der Waals surface area (Å²) in [6.45, 7) is 0.659. The standard InChI is InChI=1S/C15H12ClFN2S/c16-12-5-2-6-13-14(12)19(15(20)18-13)8-7-10-3-1-4-11(17)9-10/h1-6,9H,7-8H2,(H,18,20). The van der Waals surface area contributed by atoms with Gasteiger partial charge < -0.3 is 9.55 Å². The van der Waals surface area contributed by atoms with Crippen LogP contribution < -0.4 is 0 Å². The van der Waals surface area contributed by atoms with Gasteiger partial charge in [-0.1, -0.05) is 29.8 Å². The molecule has 1 N–H and O–H groups in total. The van der Waals surface area contributed by atoms with E-state index in [1.54, 1.807) is 12.1 Å². The predicted octanol–water partition coefficient (Wildman–Crippen LogP) is 4.73. The number of aromatic nitrogens is 2. The zero-order chi connectivity index (χ0) is 14.1. The van der Waals surface area contributed by atoms with E-state index in [0.29, 0.717) is 22.8 Å². The summed E-state index contributed by atoms with van der Waals surface area (Å²) in [6.07, 6.45) is 0.699. The van der Waals surface area contributed by atoms with Crippen molar-refractivity contribution in [2.24, 2.45) is 0 Å². The van der Waals surface area contributed by atoms with Crippen molar-refractivity contribution in [1.29, 1.82) is 0 Å². The van der Waals surface area contributed by atoms with Crippen LogP contribution in [0.25, 0.3) is 11.0 Å². The maximum absolute atomic E-state index is 13.2. The topological polar surface area (TPSA) is 20.7 Å². The monoisotopic (exact) mass is 306 g/mol. The molecule has 0 bridgehead atoms. The lowest BCUT2D eigenvalue weighted by atomic mass is 10.1. The van der Waals surface area contributed by atoms with Crippen molar-refractivity contribution in [2.45, 2.75) is 13.0 Å². The highest BCUT2D eigenvalue weighted by Crippen LogP contribution is 2.23. The van der Waals surface area contributed by atoms with Gasteiger partial charge >= 0.3 is 0 Å². The molecule has 5 heteroatoms. The number of aryl methyl sites for hydroxylation is 2. The van der Waals surface area contributed by atoms with Gasteiger partial charge in [0.15, 0.2) is 4.77 Å².